The number of aryl methyl sites for hydroxylation is 2. The van der Waals surface area contributed by atoms with Crippen LogP contribution >= 0.6 is 0 Å². The molecule has 0 spiro atoms. The minimum absolute atomic E-state index is 0.00975. The van der Waals surface area contributed by atoms with Gasteiger partial charge in [-0.2, -0.15) is 0 Å². The van der Waals surface area contributed by atoms with Crippen molar-refractivity contribution in [2.75, 3.05) is 6.54 Å². The summed E-state index contributed by atoms with van der Waals surface area (Å²) >= 11 is 0. The molecule has 0 aromatic heterocycles. The molecule has 1 rings (SSSR count). The number of rotatable bonds is 13. The molecule has 3 unspecified atom stereocenters. The summed E-state index contributed by atoms with van der Waals surface area (Å²) in [5.74, 6) is -0.500. The maximum absolute atomic E-state index is 13.8. The summed E-state index contributed by atoms with van der Waals surface area (Å²) in [4.78, 5) is 41.6. The van der Waals surface area contributed by atoms with Crippen LogP contribution in [-0.2, 0) is 14.3 Å². The Hall–Kier alpha value is -2.57. The van der Waals surface area contributed by atoms with Crippen LogP contribution in [0.15, 0.2) is 18.2 Å². The molecule has 1 aromatic carbocycles. The SMILES string of the molecule is CCCCCCN(C(=O)C(C)NC(=O)OC(C)(C)C)C(C(=O)NC(C)CCC)c1cc(C)ccc1C. The van der Waals surface area contributed by atoms with Gasteiger partial charge in [0.2, 0.25) is 11.8 Å². The molecule has 7 nitrogen and oxygen atoms in total. The van der Waals surface area contributed by atoms with Crippen molar-refractivity contribution in [3.8, 4) is 0 Å². The number of unbranched alkanes of at least 4 members (excludes halogenated alkanes) is 3. The van der Waals surface area contributed by atoms with Crippen molar-refractivity contribution in [2.45, 2.75) is 125 Å². The number of hydrogen-bond donors (Lipinski definition) is 2. The molecule has 0 aliphatic rings. The molecule has 2 N–H and O–H groups in total. The van der Waals surface area contributed by atoms with Gasteiger partial charge in [-0.05, 0) is 72.4 Å². The molecule has 3 atom stereocenters. The van der Waals surface area contributed by atoms with E-state index in [9.17, 15) is 14.4 Å². The van der Waals surface area contributed by atoms with E-state index in [1.54, 1.807) is 32.6 Å². The first-order chi connectivity index (χ1) is 16.8. The van der Waals surface area contributed by atoms with Gasteiger partial charge in [0.1, 0.15) is 17.7 Å². The summed E-state index contributed by atoms with van der Waals surface area (Å²) in [6.07, 6.45) is 5.01. The highest BCUT2D eigenvalue weighted by Gasteiger charge is 2.35. The summed E-state index contributed by atoms with van der Waals surface area (Å²) in [7, 11) is 0. The number of nitrogens with zero attached hydrogens (tertiary/aromatic N) is 1. The van der Waals surface area contributed by atoms with E-state index in [4.69, 9.17) is 4.74 Å². The zero-order chi connectivity index (χ0) is 27.5. The van der Waals surface area contributed by atoms with E-state index >= 15 is 0 Å². The largest absolute Gasteiger partial charge is 0.444 e. The molecule has 204 valence electrons. The van der Waals surface area contributed by atoms with Crippen molar-refractivity contribution in [1.82, 2.24) is 15.5 Å². The van der Waals surface area contributed by atoms with Crippen molar-refractivity contribution in [3.05, 3.63) is 34.9 Å². The second-order valence-electron chi connectivity index (χ2n) is 10.9. The first kappa shape index (κ1) is 31.5. The van der Waals surface area contributed by atoms with Crippen LogP contribution in [0.2, 0.25) is 0 Å². The molecular weight excluding hydrogens is 454 g/mol. The zero-order valence-corrected chi connectivity index (χ0v) is 24.0. The maximum Gasteiger partial charge on any atom is 0.408 e. The Morgan fingerprint density at radius 3 is 2.22 bits per heavy atom. The third-order valence-electron chi connectivity index (χ3n) is 6.04. The lowest BCUT2D eigenvalue weighted by Gasteiger charge is -2.35. The van der Waals surface area contributed by atoms with Gasteiger partial charge in [0.05, 0.1) is 0 Å². The average molecular weight is 504 g/mol. The summed E-state index contributed by atoms with van der Waals surface area (Å²) in [5, 5.41) is 5.80. The molecule has 0 heterocycles. The summed E-state index contributed by atoms with van der Waals surface area (Å²) in [5.41, 5.74) is 2.10. The first-order valence-electron chi connectivity index (χ1n) is 13.5. The Balaban J connectivity index is 3.40. The topological polar surface area (TPSA) is 87.7 Å². The molecule has 3 amide bonds. The lowest BCUT2D eigenvalue weighted by Crippen LogP contribution is -2.53. The summed E-state index contributed by atoms with van der Waals surface area (Å²) in [6.45, 7) is 17.5. The van der Waals surface area contributed by atoms with E-state index in [1.807, 2.05) is 39.0 Å². The Morgan fingerprint density at radius 2 is 1.64 bits per heavy atom. The molecule has 0 aliphatic heterocycles. The van der Waals surface area contributed by atoms with Crippen LogP contribution in [0.5, 0.6) is 0 Å². The van der Waals surface area contributed by atoms with Crippen molar-refractivity contribution < 1.29 is 19.1 Å². The van der Waals surface area contributed by atoms with E-state index in [0.717, 1.165) is 55.2 Å². The monoisotopic (exact) mass is 503 g/mol. The van der Waals surface area contributed by atoms with Crippen LogP contribution in [0, 0.1) is 13.8 Å². The molecular formula is C29H49N3O4. The van der Waals surface area contributed by atoms with Crippen molar-refractivity contribution in [2.24, 2.45) is 0 Å². The van der Waals surface area contributed by atoms with E-state index in [1.165, 1.54) is 0 Å². The number of benzene rings is 1. The lowest BCUT2D eigenvalue weighted by molar-refractivity contribution is -0.142. The van der Waals surface area contributed by atoms with Gasteiger partial charge in [-0.25, -0.2) is 4.79 Å². The number of ether oxygens (including phenoxy) is 1. The minimum Gasteiger partial charge on any atom is -0.444 e. The molecule has 0 radical (unpaired) electrons. The lowest BCUT2D eigenvalue weighted by atomic mass is 9.95. The quantitative estimate of drug-likeness (QED) is 0.325. The Morgan fingerprint density at radius 1 is 0.972 bits per heavy atom. The molecule has 0 fully saturated rings. The smallest absolute Gasteiger partial charge is 0.408 e. The number of carbonyl (C=O) groups excluding carboxylic acids is 3. The number of hydrogen-bond acceptors (Lipinski definition) is 4. The predicted octanol–water partition coefficient (Wildman–Crippen LogP) is 5.97. The van der Waals surface area contributed by atoms with Gasteiger partial charge in [0, 0.05) is 12.6 Å². The maximum atomic E-state index is 13.8. The molecule has 0 bridgehead atoms. The number of alkyl carbamates (subject to hydrolysis) is 1. The molecule has 0 aliphatic carbocycles. The van der Waals surface area contributed by atoms with Crippen molar-refractivity contribution in [1.29, 1.82) is 0 Å². The number of nitrogens with one attached hydrogen (secondary N) is 2. The Kier molecular flexibility index (Phi) is 13.0. The molecule has 7 heteroatoms. The molecule has 36 heavy (non-hydrogen) atoms. The number of amides is 3. The van der Waals surface area contributed by atoms with Gasteiger partial charge < -0.3 is 20.3 Å². The highest BCUT2D eigenvalue weighted by Crippen LogP contribution is 2.27. The molecule has 0 saturated heterocycles. The van der Waals surface area contributed by atoms with E-state index in [2.05, 4.69) is 24.5 Å². The van der Waals surface area contributed by atoms with Crippen molar-refractivity contribution in [3.63, 3.8) is 0 Å². The van der Waals surface area contributed by atoms with E-state index in [-0.39, 0.29) is 17.9 Å². The zero-order valence-electron chi connectivity index (χ0n) is 24.0. The van der Waals surface area contributed by atoms with E-state index < -0.39 is 23.8 Å². The highest BCUT2D eigenvalue weighted by molar-refractivity contribution is 5.92. The van der Waals surface area contributed by atoms with Crippen LogP contribution < -0.4 is 10.6 Å². The number of carbonyl (C=O) groups is 3. The van der Waals surface area contributed by atoms with Crippen LogP contribution in [0.1, 0.15) is 110 Å². The van der Waals surface area contributed by atoms with Gasteiger partial charge in [-0.15, -0.1) is 0 Å². The summed E-state index contributed by atoms with van der Waals surface area (Å²) < 4.78 is 5.36. The van der Waals surface area contributed by atoms with Gasteiger partial charge in [0.15, 0.2) is 0 Å². The second-order valence-corrected chi connectivity index (χ2v) is 10.9. The normalized spacial score (nSPS) is 13.9. The van der Waals surface area contributed by atoms with Gasteiger partial charge in [0.25, 0.3) is 0 Å². The fourth-order valence-corrected chi connectivity index (χ4v) is 4.20. The van der Waals surface area contributed by atoms with Crippen LogP contribution in [0.25, 0.3) is 0 Å². The Labute approximate surface area is 218 Å². The Bertz CT molecular complexity index is 863. The fraction of sp³-hybridized carbons (Fsp3) is 0.690. The van der Waals surface area contributed by atoms with E-state index in [0.29, 0.717) is 6.54 Å². The van der Waals surface area contributed by atoms with Crippen molar-refractivity contribution >= 4 is 17.9 Å². The van der Waals surface area contributed by atoms with Crippen LogP contribution in [0.3, 0.4) is 0 Å². The standard InChI is InChI=1S/C29H49N3O4/c1-10-12-13-14-18-32(27(34)23(6)31-28(35)36-29(7,8)9)25(26(33)30-22(5)15-11-2)24-19-20(3)16-17-21(24)4/h16-17,19,22-23,25H,10-15,18H2,1-9H3,(H,30,33)(H,31,35). The minimum atomic E-state index is -0.848. The first-order valence-corrected chi connectivity index (χ1v) is 13.5. The van der Waals surface area contributed by atoms with Gasteiger partial charge >= 0.3 is 6.09 Å². The van der Waals surface area contributed by atoms with Gasteiger partial charge in [-0.3, -0.25) is 9.59 Å². The van der Waals surface area contributed by atoms with Crippen LogP contribution in [0.4, 0.5) is 4.79 Å². The third-order valence-corrected chi connectivity index (χ3v) is 6.04. The predicted molar refractivity (Wildman–Crippen MR) is 146 cm³/mol. The third kappa shape index (κ3) is 10.6. The average Bonchev–Trinajstić information content (AvgIpc) is 2.76. The van der Waals surface area contributed by atoms with Crippen LogP contribution in [-0.4, -0.2) is 47.0 Å². The summed E-state index contributed by atoms with van der Waals surface area (Å²) in [6, 6.07) is 4.34. The highest BCUT2D eigenvalue weighted by atomic mass is 16.6. The fourth-order valence-electron chi connectivity index (χ4n) is 4.20. The second kappa shape index (κ2) is 14.9. The van der Waals surface area contributed by atoms with Gasteiger partial charge in [-0.1, -0.05) is 63.3 Å². The molecule has 0 saturated carbocycles. The molecule has 1 aromatic rings.